The third kappa shape index (κ3) is 6.23. The minimum absolute atomic E-state index is 0.0353. The molecule has 2 aromatic heterocycles. The van der Waals surface area contributed by atoms with Gasteiger partial charge in [0, 0.05) is 17.7 Å². The molecule has 35 heavy (non-hydrogen) atoms. The first-order valence-corrected chi connectivity index (χ1v) is 11.5. The summed E-state index contributed by atoms with van der Waals surface area (Å²) in [5, 5.41) is 5.77. The quantitative estimate of drug-likeness (QED) is 0.346. The molecule has 0 aliphatic heterocycles. The Labute approximate surface area is 204 Å². The first-order valence-electron chi connectivity index (χ1n) is 11.5. The number of aromatic nitrogens is 3. The van der Waals surface area contributed by atoms with Gasteiger partial charge in [-0.2, -0.15) is 0 Å². The van der Waals surface area contributed by atoms with Gasteiger partial charge in [0.15, 0.2) is 5.65 Å². The van der Waals surface area contributed by atoms with E-state index in [0.717, 1.165) is 24.8 Å². The lowest BCUT2D eigenvalue weighted by Crippen LogP contribution is -2.36. The van der Waals surface area contributed by atoms with Crippen molar-refractivity contribution in [2.45, 2.75) is 32.2 Å². The van der Waals surface area contributed by atoms with Crippen molar-refractivity contribution < 1.29 is 14.3 Å². The smallest absolute Gasteiger partial charge is 0.320 e. The van der Waals surface area contributed by atoms with Crippen LogP contribution in [0.5, 0.6) is 11.5 Å². The summed E-state index contributed by atoms with van der Waals surface area (Å²) in [6.07, 6.45) is 4.53. The zero-order valence-corrected chi connectivity index (χ0v) is 20.1. The Morgan fingerprint density at radius 3 is 2.60 bits per heavy atom. The summed E-state index contributed by atoms with van der Waals surface area (Å²) in [5.74, 6) is 1.71. The number of amides is 2. The number of urea groups is 1. The SMILES string of the molecule is COc1ccc(-c2cnc3ccc(NC(=O)N[C@H](C)CCCc4ccccc4)nc3n2)c(OC)c1. The largest absolute Gasteiger partial charge is 0.497 e. The van der Waals surface area contributed by atoms with Crippen LogP contribution < -0.4 is 20.1 Å². The number of hydrogen-bond acceptors (Lipinski definition) is 6. The molecule has 0 fully saturated rings. The summed E-state index contributed by atoms with van der Waals surface area (Å²) in [4.78, 5) is 26.1. The summed E-state index contributed by atoms with van der Waals surface area (Å²) >= 11 is 0. The number of aryl methyl sites for hydroxylation is 1. The van der Waals surface area contributed by atoms with Crippen molar-refractivity contribution >= 4 is 23.0 Å². The second-order valence-electron chi connectivity index (χ2n) is 8.24. The summed E-state index contributed by atoms with van der Waals surface area (Å²) in [5.41, 5.74) is 3.73. The van der Waals surface area contributed by atoms with Gasteiger partial charge in [-0.15, -0.1) is 0 Å². The number of fused-ring (bicyclic) bond motifs is 1. The van der Waals surface area contributed by atoms with E-state index in [1.165, 1.54) is 5.56 Å². The lowest BCUT2D eigenvalue weighted by Gasteiger charge is -2.14. The molecule has 0 unspecified atom stereocenters. The normalized spacial score (nSPS) is 11.6. The van der Waals surface area contributed by atoms with Gasteiger partial charge in [0.25, 0.3) is 0 Å². The van der Waals surface area contributed by atoms with E-state index >= 15 is 0 Å². The highest BCUT2D eigenvalue weighted by molar-refractivity contribution is 5.89. The molecule has 0 spiro atoms. The molecule has 2 N–H and O–H groups in total. The number of carbonyl (C=O) groups excluding carboxylic acids is 1. The van der Waals surface area contributed by atoms with Crippen LogP contribution in [-0.4, -0.2) is 41.2 Å². The average molecular weight is 472 g/mol. The second-order valence-corrected chi connectivity index (χ2v) is 8.24. The number of benzene rings is 2. The lowest BCUT2D eigenvalue weighted by atomic mass is 10.1. The Morgan fingerprint density at radius 1 is 1.00 bits per heavy atom. The van der Waals surface area contributed by atoms with E-state index in [4.69, 9.17) is 9.47 Å². The molecule has 0 radical (unpaired) electrons. The average Bonchev–Trinajstić information content (AvgIpc) is 2.88. The third-order valence-corrected chi connectivity index (χ3v) is 5.66. The maximum absolute atomic E-state index is 12.5. The molecule has 0 aliphatic rings. The number of ether oxygens (including phenoxy) is 2. The fourth-order valence-corrected chi connectivity index (χ4v) is 3.81. The van der Waals surface area contributed by atoms with E-state index in [2.05, 4.69) is 37.7 Å². The van der Waals surface area contributed by atoms with E-state index in [1.54, 1.807) is 38.6 Å². The molecule has 8 heteroatoms. The van der Waals surface area contributed by atoms with Crippen molar-refractivity contribution in [3.8, 4) is 22.8 Å². The van der Waals surface area contributed by atoms with Crippen LogP contribution in [0, 0.1) is 0 Å². The van der Waals surface area contributed by atoms with E-state index in [-0.39, 0.29) is 12.1 Å². The highest BCUT2D eigenvalue weighted by Gasteiger charge is 2.13. The van der Waals surface area contributed by atoms with E-state index in [1.807, 2.05) is 37.3 Å². The van der Waals surface area contributed by atoms with Crippen molar-refractivity contribution in [2.75, 3.05) is 19.5 Å². The topological polar surface area (TPSA) is 98.3 Å². The van der Waals surface area contributed by atoms with Crippen LogP contribution in [0.4, 0.5) is 10.6 Å². The molecule has 8 nitrogen and oxygen atoms in total. The predicted molar refractivity (Wildman–Crippen MR) is 137 cm³/mol. The summed E-state index contributed by atoms with van der Waals surface area (Å²) in [6, 6.07) is 19.1. The van der Waals surface area contributed by atoms with Gasteiger partial charge < -0.3 is 14.8 Å². The Kier molecular flexibility index (Phi) is 7.72. The first-order chi connectivity index (χ1) is 17.1. The molecule has 1 atom stereocenters. The Bertz CT molecular complexity index is 1300. The molecule has 180 valence electrons. The van der Waals surface area contributed by atoms with Crippen molar-refractivity contribution in [1.82, 2.24) is 20.3 Å². The molecule has 4 rings (SSSR count). The predicted octanol–water partition coefficient (Wildman–Crippen LogP) is 5.24. The van der Waals surface area contributed by atoms with Crippen molar-refractivity contribution in [2.24, 2.45) is 0 Å². The molecule has 0 saturated heterocycles. The highest BCUT2D eigenvalue weighted by atomic mass is 16.5. The second kappa shape index (κ2) is 11.3. The number of pyridine rings is 1. The molecule has 0 aliphatic carbocycles. The lowest BCUT2D eigenvalue weighted by molar-refractivity contribution is 0.248. The highest BCUT2D eigenvalue weighted by Crippen LogP contribution is 2.32. The zero-order valence-electron chi connectivity index (χ0n) is 20.1. The minimum atomic E-state index is -0.301. The molecule has 2 amide bonds. The van der Waals surface area contributed by atoms with Crippen molar-refractivity contribution in [3.63, 3.8) is 0 Å². The van der Waals surface area contributed by atoms with Gasteiger partial charge >= 0.3 is 6.03 Å². The van der Waals surface area contributed by atoms with Crippen LogP contribution in [0.1, 0.15) is 25.3 Å². The van der Waals surface area contributed by atoms with Crippen LogP contribution in [-0.2, 0) is 6.42 Å². The molecule has 0 saturated carbocycles. The van der Waals surface area contributed by atoms with E-state index in [9.17, 15) is 4.79 Å². The van der Waals surface area contributed by atoms with Crippen LogP contribution in [0.3, 0.4) is 0 Å². The Morgan fingerprint density at radius 2 is 1.83 bits per heavy atom. The van der Waals surface area contributed by atoms with Crippen LogP contribution in [0.15, 0.2) is 66.9 Å². The molecular weight excluding hydrogens is 442 g/mol. The standard InChI is InChI=1S/C27H29N5O3/c1-18(8-7-11-19-9-5-4-6-10-19)29-27(33)32-25-15-14-22-26(31-25)30-23(17-28-22)21-13-12-20(34-2)16-24(21)35-3/h4-6,9-10,12-18H,7-8,11H2,1-3H3,(H2,29,30,31,32,33)/t18-/m1/s1. The van der Waals surface area contributed by atoms with Gasteiger partial charge in [0.2, 0.25) is 0 Å². The van der Waals surface area contributed by atoms with Crippen LogP contribution >= 0.6 is 0 Å². The number of rotatable bonds is 9. The molecule has 4 aromatic rings. The van der Waals surface area contributed by atoms with Gasteiger partial charge in [0.1, 0.15) is 22.8 Å². The molecule has 2 heterocycles. The maximum Gasteiger partial charge on any atom is 0.320 e. The van der Waals surface area contributed by atoms with Crippen molar-refractivity contribution in [1.29, 1.82) is 0 Å². The van der Waals surface area contributed by atoms with Gasteiger partial charge in [-0.3, -0.25) is 10.3 Å². The molecular formula is C27H29N5O3. The summed E-state index contributed by atoms with van der Waals surface area (Å²) in [6.45, 7) is 2.00. The maximum atomic E-state index is 12.5. The number of methoxy groups -OCH3 is 2. The minimum Gasteiger partial charge on any atom is -0.497 e. The fourth-order valence-electron chi connectivity index (χ4n) is 3.81. The first kappa shape index (κ1) is 23.9. The zero-order chi connectivity index (χ0) is 24.6. The van der Waals surface area contributed by atoms with E-state index < -0.39 is 0 Å². The fraction of sp³-hybridized carbons (Fsp3) is 0.259. The van der Waals surface area contributed by atoms with Gasteiger partial charge in [-0.05, 0) is 56.0 Å². The third-order valence-electron chi connectivity index (χ3n) is 5.66. The number of carbonyl (C=O) groups is 1. The van der Waals surface area contributed by atoms with Gasteiger partial charge in [-0.25, -0.2) is 14.8 Å². The Hall–Kier alpha value is -4.20. The number of hydrogen-bond donors (Lipinski definition) is 2. The number of anilines is 1. The van der Waals surface area contributed by atoms with E-state index in [0.29, 0.717) is 34.2 Å². The number of nitrogens with one attached hydrogen (secondary N) is 2. The Balaban J connectivity index is 1.40. The molecule has 2 aromatic carbocycles. The summed E-state index contributed by atoms with van der Waals surface area (Å²) < 4.78 is 10.8. The molecule has 0 bridgehead atoms. The number of nitrogens with zero attached hydrogens (tertiary/aromatic N) is 3. The van der Waals surface area contributed by atoms with Crippen molar-refractivity contribution in [3.05, 3.63) is 72.4 Å². The summed E-state index contributed by atoms with van der Waals surface area (Å²) in [7, 11) is 3.19. The van der Waals surface area contributed by atoms with Gasteiger partial charge in [0.05, 0.1) is 26.1 Å². The van der Waals surface area contributed by atoms with Crippen LogP contribution in [0.25, 0.3) is 22.4 Å². The monoisotopic (exact) mass is 471 g/mol. The van der Waals surface area contributed by atoms with Gasteiger partial charge in [-0.1, -0.05) is 30.3 Å². The van der Waals surface area contributed by atoms with Crippen LogP contribution in [0.2, 0.25) is 0 Å².